The Balaban J connectivity index is 2.03. The normalized spacial score (nSPS) is 11.0. The molecule has 0 saturated heterocycles. The maximum absolute atomic E-state index is 12.0. The van der Waals surface area contributed by atoms with E-state index in [-0.39, 0.29) is 24.0 Å². The van der Waals surface area contributed by atoms with E-state index in [4.69, 9.17) is 9.52 Å². The van der Waals surface area contributed by atoms with Crippen LogP contribution in [0.4, 0.5) is 11.4 Å². The van der Waals surface area contributed by atoms with E-state index >= 15 is 0 Å². The first-order valence-electron chi connectivity index (χ1n) is 7.68. The van der Waals surface area contributed by atoms with E-state index in [9.17, 15) is 14.4 Å². The van der Waals surface area contributed by atoms with E-state index in [1.807, 2.05) is 0 Å². The summed E-state index contributed by atoms with van der Waals surface area (Å²) in [7, 11) is 0. The number of amides is 2. The van der Waals surface area contributed by atoms with Crippen LogP contribution in [0.5, 0.6) is 0 Å². The summed E-state index contributed by atoms with van der Waals surface area (Å²) in [5.41, 5.74) is 0.718. The molecule has 0 unspecified atom stereocenters. The van der Waals surface area contributed by atoms with Crippen LogP contribution >= 0.6 is 0 Å². The molecule has 7 nitrogen and oxygen atoms in total. The highest BCUT2D eigenvalue weighted by Gasteiger charge is 2.30. The van der Waals surface area contributed by atoms with Gasteiger partial charge in [0.2, 0.25) is 5.91 Å². The molecule has 0 bridgehead atoms. The summed E-state index contributed by atoms with van der Waals surface area (Å²) < 4.78 is 5.03. The number of aryl methyl sites for hydroxylation is 1. The predicted molar refractivity (Wildman–Crippen MR) is 92.5 cm³/mol. The number of benzene rings is 1. The van der Waals surface area contributed by atoms with Gasteiger partial charge in [0.05, 0.1) is 11.7 Å². The number of carboxylic acid groups (broad SMARTS) is 1. The van der Waals surface area contributed by atoms with Gasteiger partial charge in [0.15, 0.2) is 5.76 Å². The number of nitrogens with one attached hydrogen (secondary N) is 2. The Morgan fingerprint density at radius 2 is 1.88 bits per heavy atom. The van der Waals surface area contributed by atoms with E-state index in [0.29, 0.717) is 11.4 Å². The monoisotopic (exact) mass is 344 g/mol. The number of hydrogen-bond donors (Lipinski definition) is 3. The molecule has 1 aromatic carbocycles. The van der Waals surface area contributed by atoms with Crippen LogP contribution in [-0.4, -0.2) is 22.9 Å². The molecule has 2 aromatic rings. The molecule has 0 spiro atoms. The van der Waals surface area contributed by atoms with Crippen molar-refractivity contribution in [1.29, 1.82) is 0 Å². The van der Waals surface area contributed by atoms with Gasteiger partial charge in [0.1, 0.15) is 0 Å². The standard InChI is InChI=1S/C18H20N2O5/c1-11-9-12(19-15(21)10-18(2,3)17(23)24)6-7-13(11)20-16(22)14-5-4-8-25-14/h4-9H,10H2,1-3H3,(H,19,21)(H,20,22)(H,23,24). The molecule has 0 fully saturated rings. The number of furan rings is 1. The highest BCUT2D eigenvalue weighted by molar-refractivity contribution is 6.03. The first-order valence-corrected chi connectivity index (χ1v) is 7.68. The van der Waals surface area contributed by atoms with Crippen molar-refractivity contribution >= 4 is 29.2 Å². The van der Waals surface area contributed by atoms with Gasteiger partial charge < -0.3 is 20.2 Å². The predicted octanol–water partition coefficient (Wildman–Crippen LogP) is 3.28. The Bertz CT molecular complexity index is 794. The van der Waals surface area contributed by atoms with Crippen LogP contribution < -0.4 is 10.6 Å². The summed E-state index contributed by atoms with van der Waals surface area (Å²) >= 11 is 0. The van der Waals surface area contributed by atoms with Crippen molar-refractivity contribution in [1.82, 2.24) is 0 Å². The molecular weight excluding hydrogens is 324 g/mol. The van der Waals surface area contributed by atoms with Crippen LogP contribution in [0.2, 0.25) is 0 Å². The number of carbonyl (C=O) groups excluding carboxylic acids is 2. The second-order valence-electron chi connectivity index (χ2n) is 6.38. The van der Waals surface area contributed by atoms with Gasteiger partial charge >= 0.3 is 5.97 Å². The Hall–Kier alpha value is -3.09. The Morgan fingerprint density at radius 1 is 1.16 bits per heavy atom. The van der Waals surface area contributed by atoms with Crippen LogP contribution in [-0.2, 0) is 9.59 Å². The van der Waals surface area contributed by atoms with Crippen LogP contribution in [0.3, 0.4) is 0 Å². The highest BCUT2D eigenvalue weighted by atomic mass is 16.4. The number of rotatable bonds is 6. The molecule has 0 aliphatic heterocycles. The van der Waals surface area contributed by atoms with E-state index in [1.54, 1.807) is 37.3 Å². The lowest BCUT2D eigenvalue weighted by atomic mass is 9.89. The quantitative estimate of drug-likeness (QED) is 0.745. The van der Waals surface area contributed by atoms with Crippen molar-refractivity contribution in [3.63, 3.8) is 0 Å². The molecule has 0 saturated carbocycles. The van der Waals surface area contributed by atoms with Gasteiger partial charge in [-0.1, -0.05) is 0 Å². The zero-order valence-electron chi connectivity index (χ0n) is 14.3. The minimum Gasteiger partial charge on any atom is -0.481 e. The second kappa shape index (κ2) is 7.21. The molecule has 3 N–H and O–H groups in total. The third-order valence-corrected chi connectivity index (χ3v) is 3.68. The van der Waals surface area contributed by atoms with Gasteiger partial charge in [-0.2, -0.15) is 0 Å². The van der Waals surface area contributed by atoms with E-state index in [0.717, 1.165) is 5.56 Å². The third-order valence-electron chi connectivity index (χ3n) is 3.68. The summed E-state index contributed by atoms with van der Waals surface area (Å²) in [6, 6.07) is 8.18. The number of carboxylic acids is 1. The molecule has 2 amide bonds. The van der Waals surface area contributed by atoms with Gasteiger partial charge in [-0.05, 0) is 56.7 Å². The van der Waals surface area contributed by atoms with E-state index < -0.39 is 11.4 Å². The molecule has 2 rings (SSSR count). The number of hydrogen-bond acceptors (Lipinski definition) is 4. The zero-order chi connectivity index (χ0) is 18.6. The lowest BCUT2D eigenvalue weighted by Gasteiger charge is -2.18. The first-order chi connectivity index (χ1) is 11.7. The summed E-state index contributed by atoms with van der Waals surface area (Å²) in [5, 5.41) is 14.5. The number of carbonyl (C=O) groups is 3. The SMILES string of the molecule is Cc1cc(NC(=O)CC(C)(C)C(=O)O)ccc1NC(=O)c1ccco1. The fourth-order valence-corrected chi connectivity index (χ4v) is 2.16. The molecule has 7 heteroatoms. The van der Waals surface area contributed by atoms with Crippen molar-refractivity contribution in [3.8, 4) is 0 Å². The Kier molecular flexibility index (Phi) is 5.26. The van der Waals surface area contributed by atoms with Crippen molar-refractivity contribution in [2.24, 2.45) is 5.41 Å². The molecule has 132 valence electrons. The van der Waals surface area contributed by atoms with E-state index in [2.05, 4.69) is 10.6 Å². The smallest absolute Gasteiger partial charge is 0.309 e. The van der Waals surface area contributed by atoms with Gasteiger partial charge in [0.25, 0.3) is 5.91 Å². The summed E-state index contributed by atoms with van der Waals surface area (Å²) in [4.78, 5) is 35.1. The van der Waals surface area contributed by atoms with Crippen LogP contribution in [0.25, 0.3) is 0 Å². The van der Waals surface area contributed by atoms with Gasteiger partial charge in [-0.25, -0.2) is 0 Å². The molecule has 0 radical (unpaired) electrons. The van der Waals surface area contributed by atoms with Gasteiger partial charge in [-0.3, -0.25) is 14.4 Å². The molecule has 1 aromatic heterocycles. The van der Waals surface area contributed by atoms with Crippen molar-refractivity contribution in [2.45, 2.75) is 27.2 Å². The molecule has 0 atom stereocenters. The Morgan fingerprint density at radius 3 is 2.44 bits per heavy atom. The largest absolute Gasteiger partial charge is 0.481 e. The maximum atomic E-state index is 12.0. The fraction of sp³-hybridized carbons (Fsp3) is 0.278. The van der Waals surface area contributed by atoms with Crippen molar-refractivity contribution < 1.29 is 23.9 Å². The van der Waals surface area contributed by atoms with Crippen LogP contribution in [0.15, 0.2) is 41.0 Å². The van der Waals surface area contributed by atoms with Crippen LogP contribution in [0.1, 0.15) is 36.4 Å². The van der Waals surface area contributed by atoms with Crippen molar-refractivity contribution in [2.75, 3.05) is 10.6 Å². The van der Waals surface area contributed by atoms with Gasteiger partial charge in [0, 0.05) is 17.8 Å². The van der Waals surface area contributed by atoms with Crippen molar-refractivity contribution in [3.05, 3.63) is 47.9 Å². The summed E-state index contributed by atoms with van der Waals surface area (Å²) in [6.07, 6.45) is 1.28. The molecule has 1 heterocycles. The zero-order valence-corrected chi connectivity index (χ0v) is 14.3. The summed E-state index contributed by atoms with van der Waals surface area (Å²) in [5.74, 6) is -1.59. The molecule has 0 aliphatic carbocycles. The molecular formula is C18H20N2O5. The number of anilines is 2. The number of aliphatic carboxylic acids is 1. The summed E-state index contributed by atoms with van der Waals surface area (Å²) in [6.45, 7) is 4.77. The lowest BCUT2D eigenvalue weighted by molar-refractivity contribution is -0.148. The minimum atomic E-state index is -1.14. The van der Waals surface area contributed by atoms with E-state index in [1.165, 1.54) is 20.1 Å². The Labute approximate surface area is 145 Å². The second-order valence-corrected chi connectivity index (χ2v) is 6.38. The lowest BCUT2D eigenvalue weighted by Crippen LogP contribution is -2.29. The average molecular weight is 344 g/mol. The third kappa shape index (κ3) is 4.69. The maximum Gasteiger partial charge on any atom is 0.309 e. The highest BCUT2D eigenvalue weighted by Crippen LogP contribution is 2.24. The first kappa shape index (κ1) is 18.3. The molecule has 0 aliphatic rings. The average Bonchev–Trinajstić information content (AvgIpc) is 3.03. The van der Waals surface area contributed by atoms with Gasteiger partial charge in [-0.15, -0.1) is 0 Å². The molecule has 25 heavy (non-hydrogen) atoms. The topological polar surface area (TPSA) is 109 Å². The van der Waals surface area contributed by atoms with Crippen LogP contribution in [0, 0.1) is 12.3 Å². The minimum absolute atomic E-state index is 0.141. The fourth-order valence-electron chi connectivity index (χ4n) is 2.16.